The van der Waals surface area contributed by atoms with E-state index in [0.717, 1.165) is 5.92 Å². The molecule has 19 heavy (non-hydrogen) atoms. The van der Waals surface area contributed by atoms with Crippen molar-refractivity contribution in [1.29, 1.82) is 0 Å². The fraction of sp³-hybridized carbons (Fsp3) is 0.529. The van der Waals surface area contributed by atoms with Crippen molar-refractivity contribution in [1.82, 2.24) is 9.88 Å². The molecule has 1 aromatic heterocycles. The molecule has 100 valence electrons. The normalized spacial score (nSPS) is 27.2. The van der Waals surface area contributed by atoms with Gasteiger partial charge in [-0.25, -0.2) is 0 Å². The summed E-state index contributed by atoms with van der Waals surface area (Å²) in [6.07, 6.45) is 5.29. The molecule has 2 nitrogen and oxygen atoms in total. The van der Waals surface area contributed by atoms with E-state index in [1.54, 1.807) is 5.56 Å². The predicted octanol–water partition coefficient (Wildman–Crippen LogP) is 3.89. The summed E-state index contributed by atoms with van der Waals surface area (Å²) in [5.74, 6) is 0.834. The van der Waals surface area contributed by atoms with Gasteiger partial charge in [0.2, 0.25) is 0 Å². The molecule has 1 fully saturated rings. The second kappa shape index (κ2) is 4.38. The van der Waals surface area contributed by atoms with Crippen molar-refractivity contribution in [2.45, 2.75) is 38.6 Å². The minimum absolute atomic E-state index is 0.648. The van der Waals surface area contributed by atoms with Crippen LogP contribution in [0.2, 0.25) is 0 Å². The van der Waals surface area contributed by atoms with Crippen LogP contribution in [0.3, 0.4) is 0 Å². The van der Waals surface area contributed by atoms with Gasteiger partial charge in [0.1, 0.15) is 0 Å². The third-order valence-corrected chi connectivity index (χ3v) is 5.18. The Hall–Kier alpha value is -1.28. The number of hydrogen-bond acceptors (Lipinski definition) is 1. The summed E-state index contributed by atoms with van der Waals surface area (Å²) in [5.41, 5.74) is 4.45. The first kappa shape index (κ1) is 11.5. The van der Waals surface area contributed by atoms with E-state index in [1.807, 2.05) is 0 Å². The minimum Gasteiger partial charge on any atom is -0.357 e. The standard InChI is InChI=1S/C17H22N2/c1-2-12-6-5-10-19-11-9-14-13-7-3-4-8-15(13)18-16(14)17(12)19/h3-4,7-8,12,17-18H,2,5-6,9-11H2,1H3. The number of fused-ring (bicyclic) bond motifs is 5. The van der Waals surface area contributed by atoms with Gasteiger partial charge in [-0.2, -0.15) is 0 Å². The molecule has 3 heterocycles. The lowest BCUT2D eigenvalue weighted by molar-refractivity contribution is 0.0788. The second-order valence-electron chi connectivity index (χ2n) is 6.10. The average Bonchev–Trinajstić information content (AvgIpc) is 2.85. The van der Waals surface area contributed by atoms with E-state index < -0.39 is 0 Å². The summed E-state index contributed by atoms with van der Waals surface area (Å²) >= 11 is 0. The molecule has 2 aliphatic rings. The number of nitrogens with zero attached hydrogens (tertiary/aromatic N) is 1. The maximum absolute atomic E-state index is 3.74. The molecule has 0 aliphatic carbocycles. The van der Waals surface area contributed by atoms with Gasteiger partial charge < -0.3 is 4.98 Å². The predicted molar refractivity (Wildman–Crippen MR) is 79.3 cm³/mol. The van der Waals surface area contributed by atoms with E-state index in [2.05, 4.69) is 41.1 Å². The summed E-state index contributed by atoms with van der Waals surface area (Å²) in [5, 5.41) is 1.46. The van der Waals surface area contributed by atoms with E-state index in [0.29, 0.717) is 6.04 Å². The topological polar surface area (TPSA) is 19.0 Å². The number of hydrogen-bond donors (Lipinski definition) is 1. The zero-order chi connectivity index (χ0) is 12.8. The zero-order valence-electron chi connectivity index (χ0n) is 11.7. The second-order valence-corrected chi connectivity index (χ2v) is 6.10. The van der Waals surface area contributed by atoms with Gasteiger partial charge in [0.25, 0.3) is 0 Å². The number of benzene rings is 1. The Kier molecular flexibility index (Phi) is 2.66. The SMILES string of the molecule is CCC1CCCN2CCc3c([nH]c4ccccc34)C12. The van der Waals surface area contributed by atoms with Crippen LogP contribution in [0.4, 0.5) is 0 Å². The van der Waals surface area contributed by atoms with Crippen LogP contribution in [-0.4, -0.2) is 23.0 Å². The van der Waals surface area contributed by atoms with Crippen LogP contribution in [-0.2, 0) is 6.42 Å². The lowest BCUT2D eigenvalue weighted by Crippen LogP contribution is -2.43. The first-order valence-corrected chi connectivity index (χ1v) is 7.72. The number of H-pyrrole nitrogens is 1. The van der Waals surface area contributed by atoms with Crippen LogP contribution < -0.4 is 0 Å². The Morgan fingerprint density at radius 3 is 3.05 bits per heavy atom. The van der Waals surface area contributed by atoms with Crippen LogP contribution in [0.25, 0.3) is 10.9 Å². The van der Waals surface area contributed by atoms with Gasteiger partial charge in [0.15, 0.2) is 0 Å². The number of para-hydroxylation sites is 1. The minimum atomic E-state index is 0.648. The average molecular weight is 254 g/mol. The largest absolute Gasteiger partial charge is 0.357 e. The number of piperidine rings is 1. The fourth-order valence-corrected chi connectivity index (χ4v) is 4.25. The molecule has 2 aliphatic heterocycles. The number of rotatable bonds is 1. The molecule has 0 bridgehead atoms. The van der Waals surface area contributed by atoms with Gasteiger partial charge in [-0.15, -0.1) is 0 Å². The van der Waals surface area contributed by atoms with Gasteiger partial charge in [0.05, 0.1) is 6.04 Å². The lowest BCUT2D eigenvalue weighted by Gasteiger charge is -2.44. The van der Waals surface area contributed by atoms with E-state index >= 15 is 0 Å². The van der Waals surface area contributed by atoms with Crippen molar-refractivity contribution in [2.75, 3.05) is 13.1 Å². The van der Waals surface area contributed by atoms with Gasteiger partial charge >= 0.3 is 0 Å². The van der Waals surface area contributed by atoms with Crippen LogP contribution in [0.1, 0.15) is 43.5 Å². The zero-order valence-corrected chi connectivity index (χ0v) is 11.7. The number of nitrogens with one attached hydrogen (secondary N) is 1. The van der Waals surface area contributed by atoms with E-state index in [9.17, 15) is 0 Å². The van der Waals surface area contributed by atoms with Crippen molar-refractivity contribution in [3.63, 3.8) is 0 Å². The molecule has 2 unspecified atom stereocenters. The molecule has 1 aromatic carbocycles. The quantitative estimate of drug-likeness (QED) is 0.818. The molecule has 4 rings (SSSR count). The summed E-state index contributed by atoms with van der Waals surface area (Å²) in [6.45, 7) is 4.89. The Morgan fingerprint density at radius 2 is 2.16 bits per heavy atom. The van der Waals surface area contributed by atoms with Gasteiger partial charge in [-0.1, -0.05) is 31.5 Å². The third-order valence-electron chi connectivity index (χ3n) is 5.18. The highest BCUT2D eigenvalue weighted by Gasteiger charge is 2.37. The molecular formula is C17H22N2. The smallest absolute Gasteiger partial charge is 0.0529 e. The van der Waals surface area contributed by atoms with Gasteiger partial charge in [0, 0.05) is 23.1 Å². The molecule has 0 radical (unpaired) electrons. The molecule has 0 amide bonds. The van der Waals surface area contributed by atoms with Crippen molar-refractivity contribution in [3.05, 3.63) is 35.5 Å². The molecule has 0 spiro atoms. The highest BCUT2D eigenvalue weighted by atomic mass is 15.2. The fourth-order valence-electron chi connectivity index (χ4n) is 4.25. The Bertz CT molecular complexity index is 598. The Balaban J connectivity index is 1.87. The van der Waals surface area contributed by atoms with E-state index in [-0.39, 0.29) is 0 Å². The van der Waals surface area contributed by atoms with Crippen LogP contribution >= 0.6 is 0 Å². The van der Waals surface area contributed by atoms with Gasteiger partial charge in [-0.3, -0.25) is 4.90 Å². The molecule has 1 N–H and O–H groups in total. The van der Waals surface area contributed by atoms with Crippen LogP contribution in [0.15, 0.2) is 24.3 Å². The molecule has 1 saturated heterocycles. The van der Waals surface area contributed by atoms with Crippen molar-refractivity contribution in [3.8, 4) is 0 Å². The monoisotopic (exact) mass is 254 g/mol. The van der Waals surface area contributed by atoms with Gasteiger partial charge in [-0.05, 0) is 43.4 Å². The maximum Gasteiger partial charge on any atom is 0.0529 e. The lowest BCUT2D eigenvalue weighted by atomic mass is 9.81. The first-order chi connectivity index (χ1) is 9.38. The third kappa shape index (κ3) is 1.66. The van der Waals surface area contributed by atoms with Crippen molar-refractivity contribution < 1.29 is 0 Å². The molecule has 2 aromatic rings. The number of aromatic nitrogens is 1. The molecule has 2 atom stereocenters. The summed E-state index contributed by atoms with van der Waals surface area (Å²) in [4.78, 5) is 6.46. The maximum atomic E-state index is 3.74. The summed E-state index contributed by atoms with van der Waals surface area (Å²) in [7, 11) is 0. The summed E-state index contributed by atoms with van der Waals surface area (Å²) < 4.78 is 0. The Morgan fingerprint density at radius 1 is 1.26 bits per heavy atom. The van der Waals surface area contributed by atoms with E-state index in [4.69, 9.17) is 0 Å². The Labute approximate surface area is 114 Å². The molecular weight excluding hydrogens is 232 g/mol. The molecule has 2 heteroatoms. The van der Waals surface area contributed by atoms with Crippen molar-refractivity contribution in [2.24, 2.45) is 5.92 Å². The van der Waals surface area contributed by atoms with Crippen molar-refractivity contribution >= 4 is 10.9 Å². The summed E-state index contributed by atoms with van der Waals surface area (Å²) in [6, 6.07) is 9.46. The highest BCUT2D eigenvalue weighted by Crippen LogP contribution is 2.43. The van der Waals surface area contributed by atoms with Crippen LogP contribution in [0, 0.1) is 5.92 Å². The van der Waals surface area contributed by atoms with Crippen LogP contribution in [0.5, 0.6) is 0 Å². The first-order valence-electron chi connectivity index (χ1n) is 7.72. The highest BCUT2D eigenvalue weighted by molar-refractivity contribution is 5.85. The number of aromatic amines is 1. The van der Waals surface area contributed by atoms with E-state index in [1.165, 1.54) is 55.4 Å². The molecule has 0 saturated carbocycles.